The summed E-state index contributed by atoms with van der Waals surface area (Å²) in [4.78, 5) is 12.3. The second-order valence-electron chi connectivity index (χ2n) is 6.11. The van der Waals surface area contributed by atoms with E-state index in [1.807, 2.05) is 38.1 Å². The van der Waals surface area contributed by atoms with Crippen molar-refractivity contribution in [2.45, 2.75) is 32.7 Å². The molecule has 1 saturated carbocycles. The molecule has 1 heterocycles. The van der Waals surface area contributed by atoms with Gasteiger partial charge >= 0.3 is 0 Å². The van der Waals surface area contributed by atoms with Crippen molar-refractivity contribution in [3.8, 4) is 5.69 Å². The summed E-state index contributed by atoms with van der Waals surface area (Å²) in [5, 5.41) is 7.27. The molecule has 0 spiro atoms. The Balaban J connectivity index is 0.00000192. The fourth-order valence-electron chi connectivity index (χ4n) is 2.65. The van der Waals surface area contributed by atoms with Crippen molar-refractivity contribution >= 4 is 18.3 Å². The number of nitrogens with one attached hydrogen (secondary N) is 1. The smallest absolute Gasteiger partial charge is 0.254 e. The summed E-state index contributed by atoms with van der Waals surface area (Å²) < 4.78 is 1.79. The fourth-order valence-corrected chi connectivity index (χ4v) is 2.65. The van der Waals surface area contributed by atoms with Gasteiger partial charge in [-0.3, -0.25) is 4.79 Å². The van der Waals surface area contributed by atoms with Gasteiger partial charge in [-0.05, 0) is 50.3 Å². The largest absolute Gasteiger partial charge is 0.350 e. The Morgan fingerprint density at radius 3 is 2.83 bits per heavy atom. The van der Waals surface area contributed by atoms with Crippen LogP contribution in [0.5, 0.6) is 0 Å². The van der Waals surface area contributed by atoms with E-state index in [-0.39, 0.29) is 24.4 Å². The number of nitrogens with zero attached hydrogens (tertiary/aromatic N) is 2. The molecular formula is C17H23ClN4O. The minimum Gasteiger partial charge on any atom is -0.350 e. The number of nitrogens with two attached hydrogens (primary N) is 1. The van der Waals surface area contributed by atoms with Gasteiger partial charge in [-0.1, -0.05) is 12.1 Å². The molecule has 124 valence electrons. The van der Waals surface area contributed by atoms with E-state index < -0.39 is 0 Å². The SMILES string of the molecule is Cc1cccc(-n2ncc(C(=O)NCC(N)C3CC3)c2C)c1.Cl. The molecule has 1 aliphatic rings. The van der Waals surface area contributed by atoms with Crippen molar-refractivity contribution in [2.75, 3.05) is 6.54 Å². The highest BCUT2D eigenvalue weighted by Crippen LogP contribution is 2.31. The Morgan fingerprint density at radius 1 is 1.43 bits per heavy atom. The lowest BCUT2D eigenvalue weighted by Crippen LogP contribution is -2.38. The molecule has 0 saturated heterocycles. The maximum Gasteiger partial charge on any atom is 0.254 e. The first-order chi connectivity index (χ1) is 10.6. The number of carbonyl (C=O) groups excluding carboxylic acids is 1. The molecule has 1 atom stereocenters. The molecule has 0 radical (unpaired) electrons. The molecule has 1 aromatic carbocycles. The number of amides is 1. The van der Waals surface area contributed by atoms with Crippen molar-refractivity contribution in [2.24, 2.45) is 11.7 Å². The number of carbonyl (C=O) groups is 1. The number of aromatic nitrogens is 2. The Bertz CT molecular complexity index is 694. The molecule has 1 fully saturated rings. The summed E-state index contributed by atoms with van der Waals surface area (Å²) in [5.74, 6) is 0.476. The zero-order valence-electron chi connectivity index (χ0n) is 13.5. The monoisotopic (exact) mass is 334 g/mol. The van der Waals surface area contributed by atoms with E-state index in [2.05, 4.69) is 10.4 Å². The summed E-state index contributed by atoms with van der Waals surface area (Å²) in [6, 6.07) is 8.12. The molecule has 5 nitrogen and oxygen atoms in total. The second-order valence-corrected chi connectivity index (χ2v) is 6.11. The lowest BCUT2D eigenvalue weighted by Gasteiger charge is -2.11. The molecule has 1 unspecified atom stereocenters. The van der Waals surface area contributed by atoms with Crippen LogP contribution in [0.15, 0.2) is 30.5 Å². The Hall–Kier alpha value is -1.85. The van der Waals surface area contributed by atoms with E-state index in [1.165, 1.54) is 12.8 Å². The number of halogens is 1. The normalized spacial score (nSPS) is 14.9. The lowest BCUT2D eigenvalue weighted by molar-refractivity contribution is 0.0949. The van der Waals surface area contributed by atoms with Crippen LogP contribution in [0.4, 0.5) is 0 Å². The van der Waals surface area contributed by atoms with Crippen LogP contribution in [0.3, 0.4) is 0 Å². The summed E-state index contributed by atoms with van der Waals surface area (Å²) in [6.45, 7) is 4.47. The van der Waals surface area contributed by atoms with Gasteiger partial charge in [-0.15, -0.1) is 12.4 Å². The van der Waals surface area contributed by atoms with Crippen molar-refractivity contribution in [3.05, 3.63) is 47.3 Å². The van der Waals surface area contributed by atoms with Gasteiger partial charge in [0.15, 0.2) is 0 Å². The van der Waals surface area contributed by atoms with Crippen LogP contribution in [-0.2, 0) is 0 Å². The minimum absolute atomic E-state index is 0. The van der Waals surface area contributed by atoms with Gasteiger partial charge < -0.3 is 11.1 Å². The van der Waals surface area contributed by atoms with Crippen LogP contribution in [0.1, 0.15) is 34.5 Å². The molecule has 3 rings (SSSR count). The molecule has 2 aromatic rings. The molecule has 1 aliphatic carbocycles. The summed E-state index contributed by atoms with van der Waals surface area (Å²) >= 11 is 0. The van der Waals surface area contributed by atoms with Gasteiger partial charge in [0.25, 0.3) is 5.91 Å². The first kappa shape index (κ1) is 17.5. The second kappa shape index (κ2) is 7.15. The van der Waals surface area contributed by atoms with Gasteiger partial charge in [-0.2, -0.15) is 5.10 Å². The van der Waals surface area contributed by atoms with Crippen molar-refractivity contribution in [3.63, 3.8) is 0 Å². The number of rotatable bonds is 5. The topological polar surface area (TPSA) is 72.9 Å². The van der Waals surface area contributed by atoms with E-state index in [0.29, 0.717) is 18.0 Å². The van der Waals surface area contributed by atoms with E-state index in [9.17, 15) is 4.79 Å². The van der Waals surface area contributed by atoms with Gasteiger partial charge in [0.1, 0.15) is 0 Å². The third-order valence-electron chi connectivity index (χ3n) is 4.23. The third-order valence-corrected chi connectivity index (χ3v) is 4.23. The third kappa shape index (κ3) is 3.92. The lowest BCUT2D eigenvalue weighted by atomic mass is 10.2. The van der Waals surface area contributed by atoms with Crippen molar-refractivity contribution in [1.29, 1.82) is 0 Å². The zero-order valence-corrected chi connectivity index (χ0v) is 14.3. The van der Waals surface area contributed by atoms with Gasteiger partial charge in [0, 0.05) is 12.6 Å². The predicted molar refractivity (Wildman–Crippen MR) is 93.3 cm³/mol. The quantitative estimate of drug-likeness (QED) is 0.881. The predicted octanol–water partition coefficient (Wildman–Crippen LogP) is 2.38. The number of benzene rings is 1. The van der Waals surface area contributed by atoms with Crippen LogP contribution in [0.25, 0.3) is 5.69 Å². The first-order valence-corrected chi connectivity index (χ1v) is 7.71. The molecule has 1 aromatic heterocycles. The number of hydrogen-bond acceptors (Lipinski definition) is 3. The molecular weight excluding hydrogens is 312 g/mol. The molecule has 23 heavy (non-hydrogen) atoms. The highest BCUT2D eigenvalue weighted by atomic mass is 35.5. The highest BCUT2D eigenvalue weighted by molar-refractivity contribution is 5.95. The van der Waals surface area contributed by atoms with E-state index in [0.717, 1.165) is 16.9 Å². The molecule has 6 heteroatoms. The van der Waals surface area contributed by atoms with Crippen LogP contribution in [-0.4, -0.2) is 28.3 Å². The Morgan fingerprint density at radius 2 is 2.17 bits per heavy atom. The molecule has 1 amide bonds. The first-order valence-electron chi connectivity index (χ1n) is 7.71. The van der Waals surface area contributed by atoms with E-state index >= 15 is 0 Å². The van der Waals surface area contributed by atoms with Gasteiger partial charge in [-0.25, -0.2) is 4.68 Å². The van der Waals surface area contributed by atoms with Crippen molar-refractivity contribution < 1.29 is 4.79 Å². The summed E-state index contributed by atoms with van der Waals surface area (Å²) in [5.41, 5.74) is 9.58. The molecule has 3 N–H and O–H groups in total. The van der Waals surface area contributed by atoms with Crippen LogP contribution >= 0.6 is 12.4 Å². The summed E-state index contributed by atoms with van der Waals surface area (Å²) in [6.07, 6.45) is 3.98. The molecule has 0 bridgehead atoms. The maximum atomic E-state index is 12.3. The average Bonchev–Trinajstić information content (AvgIpc) is 3.27. The Labute approximate surface area is 142 Å². The molecule has 0 aliphatic heterocycles. The maximum absolute atomic E-state index is 12.3. The fraction of sp³-hybridized carbons (Fsp3) is 0.412. The Kier molecular flexibility index (Phi) is 5.44. The van der Waals surface area contributed by atoms with Gasteiger partial charge in [0.2, 0.25) is 0 Å². The number of aryl methyl sites for hydroxylation is 1. The van der Waals surface area contributed by atoms with Crippen LogP contribution < -0.4 is 11.1 Å². The highest BCUT2D eigenvalue weighted by Gasteiger charge is 2.28. The van der Waals surface area contributed by atoms with Crippen molar-refractivity contribution in [1.82, 2.24) is 15.1 Å². The van der Waals surface area contributed by atoms with Crippen LogP contribution in [0.2, 0.25) is 0 Å². The van der Waals surface area contributed by atoms with Crippen LogP contribution in [0, 0.1) is 19.8 Å². The number of hydrogen-bond donors (Lipinski definition) is 2. The standard InChI is InChI=1S/C17H22N4O.ClH/c1-11-4-3-5-14(8-11)21-12(2)15(9-20-21)17(22)19-10-16(18)13-6-7-13;/h3-5,8-9,13,16H,6-7,10,18H2,1-2H3,(H,19,22);1H. The van der Waals surface area contributed by atoms with Gasteiger partial charge in [0.05, 0.1) is 23.1 Å². The average molecular weight is 335 g/mol. The minimum atomic E-state index is -0.104. The zero-order chi connectivity index (χ0) is 15.7. The summed E-state index contributed by atoms with van der Waals surface area (Å²) in [7, 11) is 0. The van der Waals surface area contributed by atoms with E-state index in [1.54, 1.807) is 10.9 Å². The van der Waals surface area contributed by atoms with E-state index in [4.69, 9.17) is 5.73 Å².